The van der Waals surface area contributed by atoms with Crippen LogP contribution in [-0.2, 0) is 11.1 Å². The molecule has 1 N–H and O–H groups in total. The van der Waals surface area contributed by atoms with Crippen LogP contribution < -0.4 is 10.1 Å². The summed E-state index contributed by atoms with van der Waals surface area (Å²) in [6, 6.07) is 8.99. The van der Waals surface area contributed by atoms with Gasteiger partial charge in [0, 0.05) is 40.3 Å². The van der Waals surface area contributed by atoms with Gasteiger partial charge in [0.1, 0.15) is 5.82 Å². The first kappa shape index (κ1) is 18.0. The van der Waals surface area contributed by atoms with Gasteiger partial charge in [0.25, 0.3) is 0 Å². The maximum Gasteiger partial charge on any atom is 0.174 e. The Morgan fingerprint density at radius 2 is 2.00 bits per heavy atom. The van der Waals surface area contributed by atoms with Crippen molar-refractivity contribution in [1.29, 1.82) is 0 Å². The van der Waals surface area contributed by atoms with Crippen LogP contribution in [0, 0.1) is 6.92 Å². The second-order valence-corrected chi connectivity index (χ2v) is 6.38. The molecule has 0 bridgehead atoms. The molecule has 3 aromatic heterocycles. The largest absolute Gasteiger partial charge is 0.768 e. The highest BCUT2D eigenvalue weighted by Gasteiger charge is 2.10. The lowest BCUT2D eigenvalue weighted by atomic mass is 10.1. The maximum atomic E-state index is 11.1. The minimum Gasteiger partial charge on any atom is -0.768 e. The summed E-state index contributed by atoms with van der Waals surface area (Å²) in [7, 11) is 0. The molecule has 0 spiro atoms. The number of pyridine rings is 3. The highest BCUT2D eigenvalue weighted by Crippen LogP contribution is 2.30. The van der Waals surface area contributed by atoms with Gasteiger partial charge in [-0.2, -0.15) is 0 Å². The zero-order chi connectivity index (χ0) is 18.5. The van der Waals surface area contributed by atoms with Crippen molar-refractivity contribution in [2.75, 3.05) is 11.9 Å². The van der Waals surface area contributed by atoms with Crippen molar-refractivity contribution in [2.45, 2.75) is 18.7 Å². The molecule has 0 saturated heterocycles. The van der Waals surface area contributed by atoms with Crippen LogP contribution in [0.4, 0.5) is 11.6 Å². The van der Waals surface area contributed by atoms with E-state index in [0.29, 0.717) is 35.1 Å². The Balaban J connectivity index is 1.96. The zero-order valence-electron chi connectivity index (χ0n) is 14.3. The second kappa shape index (κ2) is 8.03. The molecule has 0 aromatic carbocycles. The van der Waals surface area contributed by atoms with E-state index < -0.39 is 11.1 Å². The predicted octanol–water partition coefficient (Wildman–Crippen LogP) is 3.23. The van der Waals surface area contributed by atoms with E-state index in [1.807, 2.05) is 32.0 Å². The van der Waals surface area contributed by atoms with Gasteiger partial charge in [-0.05, 0) is 49.2 Å². The number of hydrogen-bond donors (Lipinski definition) is 1. The lowest BCUT2D eigenvalue weighted by molar-refractivity contribution is 0.341. The van der Waals surface area contributed by atoms with Crippen molar-refractivity contribution in [2.24, 2.45) is 0 Å². The van der Waals surface area contributed by atoms with Crippen LogP contribution in [0.2, 0.25) is 0 Å². The van der Waals surface area contributed by atoms with Crippen molar-refractivity contribution in [3.63, 3.8) is 0 Å². The van der Waals surface area contributed by atoms with Crippen molar-refractivity contribution in [1.82, 2.24) is 15.0 Å². The number of rotatable bonds is 6. The monoisotopic (exact) mass is 369 g/mol. The Morgan fingerprint density at radius 3 is 2.73 bits per heavy atom. The molecule has 0 fully saturated rings. The fraction of sp³-hybridized carbons (Fsp3) is 0.167. The predicted molar refractivity (Wildman–Crippen MR) is 98.1 cm³/mol. The van der Waals surface area contributed by atoms with Gasteiger partial charge in [-0.3, -0.25) is 9.19 Å². The molecule has 3 rings (SSSR count). The molecule has 7 nitrogen and oxygen atoms in total. The number of hydrogen-bond acceptors (Lipinski definition) is 7. The van der Waals surface area contributed by atoms with Gasteiger partial charge in [-0.15, -0.1) is 0 Å². The number of nitrogens with one attached hydrogen (secondary N) is 1. The highest BCUT2D eigenvalue weighted by atomic mass is 32.2. The van der Waals surface area contributed by atoms with Crippen molar-refractivity contribution < 1.29 is 13.5 Å². The lowest BCUT2D eigenvalue weighted by Gasteiger charge is -2.13. The average molecular weight is 369 g/mol. The summed E-state index contributed by atoms with van der Waals surface area (Å²) < 4.78 is 28.0. The van der Waals surface area contributed by atoms with Crippen LogP contribution in [0.3, 0.4) is 0 Å². The molecule has 3 heterocycles. The smallest absolute Gasteiger partial charge is 0.174 e. The van der Waals surface area contributed by atoms with Crippen LogP contribution in [0.1, 0.15) is 12.6 Å². The van der Waals surface area contributed by atoms with E-state index in [9.17, 15) is 8.76 Å². The normalized spacial score (nSPS) is 11.8. The Bertz CT molecular complexity index is 949. The summed E-state index contributed by atoms with van der Waals surface area (Å²) in [4.78, 5) is 12.9. The summed E-state index contributed by atoms with van der Waals surface area (Å²) in [6.45, 7) is 4.25. The van der Waals surface area contributed by atoms with Crippen LogP contribution in [0.15, 0.2) is 53.8 Å². The van der Waals surface area contributed by atoms with E-state index in [2.05, 4.69) is 20.3 Å². The number of anilines is 2. The quantitative estimate of drug-likeness (QED) is 0.666. The van der Waals surface area contributed by atoms with Crippen molar-refractivity contribution in [3.8, 4) is 16.9 Å². The SMILES string of the molecule is CCOc1cc(-c2cncc(S(=O)[O-])c2)cnc1Nc1cccc(C)n1. The molecule has 0 aliphatic rings. The standard InChI is InChI=1S/C18H18N4O3S/c1-3-25-16-8-14(13-7-15(26(23)24)11-19-9-13)10-20-18(16)22-17-6-4-5-12(2)21-17/h4-11H,3H2,1-2H3,(H,23,24)(H,20,21,22)/p-1. The van der Waals surface area contributed by atoms with E-state index in [-0.39, 0.29) is 4.90 Å². The summed E-state index contributed by atoms with van der Waals surface area (Å²) in [5, 5.41) is 3.14. The minimum absolute atomic E-state index is 0.117. The number of nitrogens with zero attached hydrogens (tertiary/aromatic N) is 3. The first-order valence-electron chi connectivity index (χ1n) is 7.95. The Kier molecular flexibility index (Phi) is 5.55. The van der Waals surface area contributed by atoms with Gasteiger partial charge in [0.2, 0.25) is 0 Å². The molecule has 0 aliphatic carbocycles. The van der Waals surface area contributed by atoms with Gasteiger partial charge in [-0.1, -0.05) is 6.07 Å². The van der Waals surface area contributed by atoms with E-state index in [4.69, 9.17) is 4.74 Å². The average Bonchev–Trinajstić information content (AvgIpc) is 2.63. The van der Waals surface area contributed by atoms with Crippen LogP contribution in [-0.4, -0.2) is 30.3 Å². The Hall–Kier alpha value is -2.84. The first-order chi connectivity index (χ1) is 12.6. The molecule has 26 heavy (non-hydrogen) atoms. The molecule has 1 atom stereocenters. The van der Waals surface area contributed by atoms with E-state index in [0.717, 1.165) is 5.69 Å². The van der Waals surface area contributed by atoms with E-state index in [1.165, 1.54) is 12.3 Å². The number of aromatic nitrogens is 3. The summed E-state index contributed by atoms with van der Waals surface area (Å²) in [5.41, 5.74) is 2.23. The molecule has 0 saturated carbocycles. The minimum atomic E-state index is -2.34. The third-order valence-corrected chi connectivity index (χ3v) is 4.13. The third-order valence-electron chi connectivity index (χ3n) is 3.53. The Labute approximate surface area is 153 Å². The molecule has 0 amide bonds. The van der Waals surface area contributed by atoms with Crippen molar-refractivity contribution >= 4 is 22.7 Å². The van der Waals surface area contributed by atoms with Gasteiger partial charge in [0.15, 0.2) is 11.6 Å². The topological polar surface area (TPSA) is 100 Å². The second-order valence-electron chi connectivity index (χ2n) is 5.44. The fourth-order valence-corrected chi connectivity index (χ4v) is 2.73. The third kappa shape index (κ3) is 4.22. The molecule has 134 valence electrons. The summed E-state index contributed by atoms with van der Waals surface area (Å²) >= 11 is -2.34. The van der Waals surface area contributed by atoms with Crippen LogP contribution in [0.5, 0.6) is 5.75 Å². The number of aryl methyl sites for hydroxylation is 1. The Morgan fingerprint density at radius 1 is 1.19 bits per heavy atom. The summed E-state index contributed by atoms with van der Waals surface area (Å²) in [5.74, 6) is 1.74. The van der Waals surface area contributed by atoms with Gasteiger partial charge >= 0.3 is 0 Å². The van der Waals surface area contributed by atoms with Crippen molar-refractivity contribution in [3.05, 3.63) is 54.6 Å². The van der Waals surface area contributed by atoms with Gasteiger partial charge < -0.3 is 14.6 Å². The molecule has 0 radical (unpaired) electrons. The molecule has 0 aliphatic heterocycles. The molecular weight excluding hydrogens is 352 g/mol. The fourth-order valence-electron chi connectivity index (χ4n) is 2.36. The molecular formula is C18H17N4O3S-. The van der Waals surface area contributed by atoms with E-state index >= 15 is 0 Å². The molecule has 1 unspecified atom stereocenters. The van der Waals surface area contributed by atoms with Gasteiger partial charge in [-0.25, -0.2) is 9.97 Å². The zero-order valence-corrected chi connectivity index (χ0v) is 15.1. The maximum absolute atomic E-state index is 11.1. The van der Waals surface area contributed by atoms with Crippen LogP contribution >= 0.6 is 0 Å². The van der Waals surface area contributed by atoms with Gasteiger partial charge in [0.05, 0.1) is 6.61 Å². The number of ether oxygens (including phenoxy) is 1. The van der Waals surface area contributed by atoms with Crippen LogP contribution in [0.25, 0.3) is 11.1 Å². The summed E-state index contributed by atoms with van der Waals surface area (Å²) in [6.07, 6.45) is 4.51. The lowest BCUT2D eigenvalue weighted by Crippen LogP contribution is -2.02. The molecule has 8 heteroatoms. The first-order valence-corrected chi connectivity index (χ1v) is 9.02. The highest BCUT2D eigenvalue weighted by molar-refractivity contribution is 7.79. The van der Waals surface area contributed by atoms with E-state index in [1.54, 1.807) is 18.5 Å². The molecule has 3 aromatic rings.